The van der Waals surface area contributed by atoms with Gasteiger partial charge < -0.3 is 5.32 Å². The summed E-state index contributed by atoms with van der Waals surface area (Å²) in [6, 6.07) is 0. The molecule has 0 aliphatic heterocycles. The Morgan fingerprint density at radius 3 is 1.33 bits per heavy atom. The molecule has 0 radical (unpaired) electrons. The Kier molecular flexibility index (Phi) is 10.1. The molecule has 0 atom stereocenters. The SMILES string of the molecule is CCCCCC(F)(F)C(F)(F)C(F)(F)C(F)(F)C(F)(F)C(F)(F)S(=O)(=O)O.CNC. The Bertz CT molecular complexity index is 652. The highest BCUT2D eigenvalue weighted by Gasteiger charge is 2.91. The molecular formula is C13H19F12NO3S. The van der Waals surface area contributed by atoms with Gasteiger partial charge in [0.1, 0.15) is 0 Å². The molecule has 0 aromatic carbocycles. The van der Waals surface area contributed by atoms with E-state index in [0.717, 1.165) is 0 Å². The fourth-order valence-corrected chi connectivity index (χ4v) is 2.17. The lowest BCUT2D eigenvalue weighted by atomic mass is 9.92. The number of rotatable bonds is 10. The maximum Gasteiger partial charge on any atom is 0.438 e. The maximum atomic E-state index is 13.3. The van der Waals surface area contributed by atoms with Crippen molar-refractivity contribution in [1.82, 2.24) is 5.32 Å². The van der Waals surface area contributed by atoms with Crippen LogP contribution in [-0.4, -0.2) is 61.9 Å². The van der Waals surface area contributed by atoms with Crippen LogP contribution < -0.4 is 5.32 Å². The summed E-state index contributed by atoms with van der Waals surface area (Å²) in [5, 5.41) is -4.65. The van der Waals surface area contributed by atoms with Crippen LogP contribution >= 0.6 is 0 Å². The molecule has 184 valence electrons. The molecule has 4 nitrogen and oxygen atoms in total. The van der Waals surface area contributed by atoms with E-state index in [4.69, 9.17) is 4.55 Å². The Hall–Kier alpha value is -0.970. The highest BCUT2D eigenvalue weighted by atomic mass is 32.2. The van der Waals surface area contributed by atoms with Crippen LogP contribution in [0.1, 0.15) is 32.6 Å². The zero-order valence-corrected chi connectivity index (χ0v) is 16.4. The molecule has 0 aliphatic carbocycles. The van der Waals surface area contributed by atoms with Gasteiger partial charge in [0.05, 0.1) is 0 Å². The van der Waals surface area contributed by atoms with Crippen molar-refractivity contribution >= 4 is 10.1 Å². The molecule has 2 N–H and O–H groups in total. The normalized spacial score (nSPS) is 14.9. The quantitative estimate of drug-likeness (QED) is 0.252. The van der Waals surface area contributed by atoms with Crippen molar-refractivity contribution in [3.05, 3.63) is 0 Å². The predicted molar refractivity (Wildman–Crippen MR) is 80.4 cm³/mol. The van der Waals surface area contributed by atoms with Crippen LogP contribution in [-0.2, 0) is 10.1 Å². The van der Waals surface area contributed by atoms with Crippen LogP contribution in [0.2, 0.25) is 0 Å². The first-order chi connectivity index (χ1) is 13.0. The first-order valence-electron chi connectivity index (χ1n) is 7.80. The van der Waals surface area contributed by atoms with Gasteiger partial charge in [0.25, 0.3) is 0 Å². The van der Waals surface area contributed by atoms with Crippen molar-refractivity contribution in [2.24, 2.45) is 0 Å². The van der Waals surface area contributed by atoms with E-state index in [1.54, 1.807) is 0 Å². The Labute approximate surface area is 163 Å². The third-order valence-corrected chi connectivity index (χ3v) is 4.33. The predicted octanol–water partition coefficient (Wildman–Crippen LogP) is 5.06. The van der Waals surface area contributed by atoms with Crippen molar-refractivity contribution in [3.8, 4) is 0 Å². The molecule has 0 aromatic rings. The fraction of sp³-hybridized carbons (Fsp3) is 1.00. The van der Waals surface area contributed by atoms with Crippen LogP contribution in [0.15, 0.2) is 0 Å². The minimum Gasteiger partial charge on any atom is -0.323 e. The molecule has 0 rings (SSSR count). The first-order valence-corrected chi connectivity index (χ1v) is 9.24. The zero-order chi connectivity index (χ0) is 25.0. The van der Waals surface area contributed by atoms with Gasteiger partial charge in [0.2, 0.25) is 0 Å². The summed E-state index contributed by atoms with van der Waals surface area (Å²) in [5.41, 5.74) is 0. The fourth-order valence-electron chi connectivity index (χ4n) is 1.72. The zero-order valence-electron chi connectivity index (χ0n) is 15.5. The highest BCUT2D eigenvalue weighted by molar-refractivity contribution is 7.87. The van der Waals surface area contributed by atoms with E-state index in [1.807, 2.05) is 14.1 Å². The maximum absolute atomic E-state index is 13.3. The van der Waals surface area contributed by atoms with Gasteiger partial charge in [-0.15, -0.1) is 0 Å². The Morgan fingerprint density at radius 2 is 1.03 bits per heavy atom. The van der Waals surface area contributed by atoms with Crippen LogP contribution in [0.3, 0.4) is 0 Å². The number of hydrogen-bond donors (Lipinski definition) is 2. The average molecular weight is 497 g/mol. The summed E-state index contributed by atoms with van der Waals surface area (Å²) < 4.78 is 186. The molecule has 0 saturated heterocycles. The highest BCUT2D eigenvalue weighted by Crippen LogP contribution is 2.61. The lowest BCUT2D eigenvalue weighted by Gasteiger charge is -2.40. The minimum absolute atomic E-state index is 0.0762. The molecule has 30 heavy (non-hydrogen) atoms. The van der Waals surface area contributed by atoms with Gasteiger partial charge >= 0.3 is 45.0 Å². The van der Waals surface area contributed by atoms with Crippen molar-refractivity contribution in [3.63, 3.8) is 0 Å². The van der Waals surface area contributed by atoms with Gasteiger partial charge in [-0.25, -0.2) is 0 Å². The monoisotopic (exact) mass is 497 g/mol. The molecule has 0 bridgehead atoms. The van der Waals surface area contributed by atoms with E-state index < -0.39 is 57.8 Å². The number of halogens is 12. The van der Waals surface area contributed by atoms with Crippen LogP contribution in [0.5, 0.6) is 0 Å². The van der Waals surface area contributed by atoms with E-state index in [1.165, 1.54) is 6.92 Å². The van der Waals surface area contributed by atoms with Crippen molar-refractivity contribution in [2.45, 2.75) is 67.5 Å². The molecule has 0 aliphatic rings. The Balaban J connectivity index is 0. The molecule has 0 heterocycles. The smallest absolute Gasteiger partial charge is 0.323 e. The second-order valence-electron chi connectivity index (χ2n) is 5.95. The van der Waals surface area contributed by atoms with Gasteiger partial charge in [0.15, 0.2) is 0 Å². The van der Waals surface area contributed by atoms with Crippen LogP contribution in [0.4, 0.5) is 52.7 Å². The summed E-state index contributed by atoms with van der Waals surface area (Å²) >= 11 is 0. The topological polar surface area (TPSA) is 66.4 Å². The van der Waals surface area contributed by atoms with E-state index >= 15 is 0 Å². The third kappa shape index (κ3) is 5.26. The number of alkyl halides is 12. The summed E-state index contributed by atoms with van der Waals surface area (Å²) in [4.78, 5) is 0. The standard InChI is InChI=1S/C11H12F12O3S.C2H7N/c1-2-3-4-5-6(12,13)7(14,15)8(16,17)9(18,19)10(20,21)11(22,23)27(24,25)26;1-3-2/h2-5H2,1H3,(H,24,25,26);3H,1-2H3. The van der Waals surface area contributed by atoms with Crippen molar-refractivity contribution in [1.29, 1.82) is 0 Å². The molecule has 0 unspecified atom stereocenters. The summed E-state index contributed by atoms with van der Waals surface area (Å²) in [5.74, 6) is -37.1. The average Bonchev–Trinajstić information content (AvgIpc) is 2.53. The molecule has 0 saturated carbocycles. The molecule has 0 amide bonds. The van der Waals surface area contributed by atoms with Gasteiger partial charge in [-0.2, -0.15) is 61.1 Å². The van der Waals surface area contributed by atoms with Crippen molar-refractivity contribution in [2.75, 3.05) is 14.1 Å². The number of hydrogen-bond acceptors (Lipinski definition) is 3. The molecule has 0 aromatic heterocycles. The van der Waals surface area contributed by atoms with E-state index in [-0.39, 0.29) is 12.8 Å². The largest absolute Gasteiger partial charge is 0.438 e. The number of nitrogens with one attached hydrogen (secondary N) is 1. The van der Waals surface area contributed by atoms with Crippen LogP contribution in [0, 0.1) is 0 Å². The second kappa shape index (κ2) is 9.67. The van der Waals surface area contributed by atoms with Crippen LogP contribution in [0.25, 0.3) is 0 Å². The van der Waals surface area contributed by atoms with E-state index in [9.17, 15) is 61.1 Å². The lowest BCUT2D eigenvalue weighted by Crippen LogP contribution is -2.71. The minimum atomic E-state index is -8.02. The van der Waals surface area contributed by atoms with Gasteiger partial charge in [-0.1, -0.05) is 19.8 Å². The number of unbranched alkanes of at least 4 members (excludes halogenated alkanes) is 2. The molecule has 17 heteroatoms. The third-order valence-electron chi connectivity index (χ3n) is 3.43. The summed E-state index contributed by atoms with van der Waals surface area (Å²) in [6.45, 7) is 1.34. The van der Waals surface area contributed by atoms with Gasteiger partial charge in [0, 0.05) is 6.42 Å². The summed E-state index contributed by atoms with van der Waals surface area (Å²) in [6.07, 6.45) is -3.31. The first kappa shape index (κ1) is 31.2. The van der Waals surface area contributed by atoms with Gasteiger partial charge in [-0.05, 0) is 20.5 Å². The Morgan fingerprint density at radius 1 is 0.700 bits per heavy atom. The summed E-state index contributed by atoms with van der Waals surface area (Å²) in [7, 11) is -3.78. The van der Waals surface area contributed by atoms with E-state index in [0.29, 0.717) is 0 Å². The second-order valence-corrected chi connectivity index (χ2v) is 7.41. The molecular weight excluding hydrogens is 478 g/mol. The van der Waals surface area contributed by atoms with Crippen molar-refractivity contribution < 1.29 is 65.7 Å². The lowest BCUT2D eigenvalue weighted by molar-refractivity contribution is -0.417. The van der Waals surface area contributed by atoms with Gasteiger partial charge in [-0.3, -0.25) is 4.55 Å². The molecule has 0 spiro atoms. The molecule has 0 fully saturated rings. The van der Waals surface area contributed by atoms with E-state index in [2.05, 4.69) is 5.32 Å².